The van der Waals surface area contributed by atoms with E-state index in [1.165, 1.54) is 12.1 Å². The van der Waals surface area contributed by atoms with Crippen molar-refractivity contribution in [2.24, 2.45) is 0 Å². The van der Waals surface area contributed by atoms with Crippen LogP contribution in [0.4, 0.5) is 16.2 Å². The second-order valence-corrected chi connectivity index (χ2v) is 9.57. The first kappa shape index (κ1) is 28.5. The van der Waals surface area contributed by atoms with Crippen LogP contribution in [-0.2, 0) is 16.0 Å². The minimum absolute atomic E-state index is 0.0307. The van der Waals surface area contributed by atoms with Crippen molar-refractivity contribution in [2.45, 2.75) is 32.2 Å². The zero-order valence-electron chi connectivity index (χ0n) is 22.5. The number of unbranched alkanes of at least 4 members (excludes halogenated alkanes) is 1. The Morgan fingerprint density at radius 3 is 2.40 bits per heavy atom. The van der Waals surface area contributed by atoms with E-state index in [1.807, 2.05) is 48.5 Å². The van der Waals surface area contributed by atoms with E-state index in [1.54, 1.807) is 23.1 Å². The lowest BCUT2D eigenvalue weighted by atomic mass is 9.96. The third-order valence-electron chi connectivity index (χ3n) is 6.66. The minimum atomic E-state index is -0.786. The number of non-ortho nitro benzene ring substituents is 1. The van der Waals surface area contributed by atoms with Gasteiger partial charge in [-0.05, 0) is 52.9 Å². The zero-order chi connectivity index (χ0) is 28.3. The van der Waals surface area contributed by atoms with E-state index in [9.17, 15) is 19.7 Å². The number of nitrogens with one attached hydrogen (secondary N) is 2. The lowest BCUT2D eigenvalue weighted by Crippen LogP contribution is -2.53. The van der Waals surface area contributed by atoms with Gasteiger partial charge in [-0.1, -0.05) is 61.9 Å². The molecule has 3 aromatic carbocycles. The van der Waals surface area contributed by atoms with Gasteiger partial charge in [0.25, 0.3) is 5.69 Å². The highest BCUT2D eigenvalue weighted by Crippen LogP contribution is 2.28. The van der Waals surface area contributed by atoms with Gasteiger partial charge in [-0.15, -0.1) is 0 Å². The summed E-state index contributed by atoms with van der Waals surface area (Å²) in [4.78, 5) is 38.8. The second-order valence-electron chi connectivity index (χ2n) is 9.57. The van der Waals surface area contributed by atoms with E-state index in [4.69, 9.17) is 4.74 Å². The molecule has 2 N–H and O–H groups in total. The molecule has 40 heavy (non-hydrogen) atoms. The molecular weight excluding hydrogens is 508 g/mol. The van der Waals surface area contributed by atoms with Crippen LogP contribution in [0.3, 0.4) is 0 Å². The van der Waals surface area contributed by atoms with Crippen molar-refractivity contribution in [2.75, 3.05) is 31.6 Å². The van der Waals surface area contributed by atoms with Crippen LogP contribution >= 0.6 is 0 Å². The smallest absolute Gasteiger partial charge is 0.318 e. The Morgan fingerprint density at radius 2 is 1.73 bits per heavy atom. The number of morpholine rings is 1. The van der Waals surface area contributed by atoms with Gasteiger partial charge in [0.2, 0.25) is 5.91 Å². The van der Waals surface area contributed by atoms with Crippen LogP contribution in [0.2, 0.25) is 0 Å². The van der Waals surface area contributed by atoms with E-state index in [-0.39, 0.29) is 17.6 Å². The molecule has 0 saturated carbocycles. The Morgan fingerprint density at radius 1 is 1.00 bits per heavy atom. The van der Waals surface area contributed by atoms with Crippen LogP contribution < -0.4 is 10.6 Å². The van der Waals surface area contributed by atoms with Gasteiger partial charge in [0.1, 0.15) is 6.04 Å². The predicted molar refractivity (Wildman–Crippen MR) is 155 cm³/mol. The number of benzene rings is 3. The molecule has 1 aliphatic rings. The number of hydrogen-bond acceptors (Lipinski definition) is 5. The monoisotopic (exact) mass is 542 g/mol. The molecule has 0 aliphatic carbocycles. The fourth-order valence-corrected chi connectivity index (χ4v) is 4.51. The third-order valence-corrected chi connectivity index (χ3v) is 6.66. The summed E-state index contributed by atoms with van der Waals surface area (Å²) in [6, 6.07) is 22.4. The van der Waals surface area contributed by atoms with E-state index < -0.39 is 11.0 Å². The van der Waals surface area contributed by atoms with Crippen molar-refractivity contribution in [3.63, 3.8) is 0 Å². The summed E-state index contributed by atoms with van der Waals surface area (Å²) in [5.74, 6) is -0.322. The highest BCUT2D eigenvalue weighted by molar-refractivity contribution is 5.97. The molecule has 0 spiro atoms. The number of hydrogen-bond donors (Lipinski definition) is 2. The standard InChI is InChI=1S/C31H34N4O5/c1-2-3-12-28(24-13-15-27(16-14-24)35(38)39)25-10-7-11-26(22-25)32-30(36)29(21-23-8-5-4-6-9-23)33-31(37)34-17-19-40-20-18-34/h4-16,22,29H,2-3,17-21H2,1H3,(H,32,36)(H,33,37)/t29-/m0/s1. The first-order valence-corrected chi connectivity index (χ1v) is 13.5. The van der Waals surface area contributed by atoms with Gasteiger partial charge in [0.15, 0.2) is 0 Å². The van der Waals surface area contributed by atoms with E-state index in [0.29, 0.717) is 38.4 Å². The Labute approximate surface area is 234 Å². The normalized spacial score (nSPS) is 14.3. The van der Waals surface area contributed by atoms with Gasteiger partial charge < -0.3 is 20.3 Å². The lowest BCUT2D eigenvalue weighted by molar-refractivity contribution is -0.384. The Hall–Kier alpha value is -4.50. The lowest BCUT2D eigenvalue weighted by Gasteiger charge is -2.29. The first-order chi connectivity index (χ1) is 19.4. The van der Waals surface area contributed by atoms with Crippen LogP contribution in [-0.4, -0.2) is 54.1 Å². The summed E-state index contributed by atoms with van der Waals surface area (Å²) in [5, 5.41) is 17.0. The van der Waals surface area contributed by atoms with Gasteiger partial charge >= 0.3 is 6.03 Å². The number of carbonyl (C=O) groups is 2. The van der Waals surface area contributed by atoms with Gasteiger partial charge in [-0.25, -0.2) is 4.79 Å². The molecule has 1 fully saturated rings. The quantitative estimate of drug-likeness (QED) is 0.262. The van der Waals surface area contributed by atoms with Crippen molar-refractivity contribution in [1.82, 2.24) is 10.2 Å². The van der Waals surface area contributed by atoms with Gasteiger partial charge in [-0.2, -0.15) is 0 Å². The average molecular weight is 543 g/mol. The Balaban J connectivity index is 1.55. The highest BCUT2D eigenvalue weighted by Gasteiger charge is 2.25. The van der Waals surface area contributed by atoms with Crippen molar-refractivity contribution >= 4 is 28.9 Å². The SMILES string of the molecule is CCCC=C(c1ccc([N+](=O)[O-])cc1)c1cccc(NC(=O)[C@H](Cc2ccccc2)NC(=O)N2CCOCC2)c1. The molecule has 3 aromatic rings. The highest BCUT2D eigenvalue weighted by atomic mass is 16.6. The molecule has 1 aliphatic heterocycles. The number of amides is 3. The van der Waals surface area contributed by atoms with Crippen LogP contribution in [0.25, 0.3) is 5.57 Å². The molecule has 0 bridgehead atoms. The Bertz CT molecular complexity index is 1340. The van der Waals surface area contributed by atoms with E-state index >= 15 is 0 Å². The molecule has 0 aromatic heterocycles. The molecule has 1 saturated heterocycles. The summed E-state index contributed by atoms with van der Waals surface area (Å²) in [5.41, 5.74) is 4.20. The summed E-state index contributed by atoms with van der Waals surface area (Å²) < 4.78 is 5.34. The number of urea groups is 1. The molecule has 9 heteroatoms. The van der Waals surface area contributed by atoms with Crippen molar-refractivity contribution in [3.8, 4) is 0 Å². The Kier molecular flexibility index (Phi) is 10.0. The number of rotatable bonds is 10. The zero-order valence-corrected chi connectivity index (χ0v) is 22.5. The maximum Gasteiger partial charge on any atom is 0.318 e. The van der Waals surface area contributed by atoms with E-state index in [0.717, 1.165) is 35.1 Å². The van der Waals surface area contributed by atoms with Crippen LogP contribution in [0.5, 0.6) is 0 Å². The van der Waals surface area contributed by atoms with Crippen LogP contribution in [0.1, 0.15) is 36.5 Å². The van der Waals surface area contributed by atoms with E-state index in [2.05, 4.69) is 23.6 Å². The topological polar surface area (TPSA) is 114 Å². The molecular formula is C31H34N4O5. The second kappa shape index (κ2) is 14.0. The third kappa shape index (κ3) is 7.77. The number of nitrogens with zero attached hydrogens (tertiary/aromatic N) is 2. The average Bonchev–Trinajstić information content (AvgIpc) is 2.98. The predicted octanol–water partition coefficient (Wildman–Crippen LogP) is 5.42. The number of nitro benzene ring substituents is 1. The fraction of sp³-hybridized carbons (Fsp3) is 0.290. The molecule has 1 atom stereocenters. The largest absolute Gasteiger partial charge is 0.378 e. The summed E-state index contributed by atoms with van der Waals surface area (Å²) in [7, 11) is 0. The molecule has 208 valence electrons. The molecule has 1 heterocycles. The summed E-state index contributed by atoms with van der Waals surface area (Å²) in [6.07, 6.45) is 4.21. The maximum absolute atomic E-state index is 13.5. The number of nitro groups is 1. The number of carbonyl (C=O) groups excluding carboxylic acids is 2. The van der Waals surface area contributed by atoms with Crippen molar-refractivity contribution in [3.05, 3.63) is 112 Å². The minimum Gasteiger partial charge on any atom is -0.378 e. The molecule has 9 nitrogen and oxygen atoms in total. The summed E-state index contributed by atoms with van der Waals surface area (Å²) in [6.45, 7) is 3.97. The molecule has 0 radical (unpaired) electrons. The van der Waals surface area contributed by atoms with Gasteiger partial charge in [-0.3, -0.25) is 14.9 Å². The van der Waals surface area contributed by atoms with Crippen molar-refractivity contribution in [1.29, 1.82) is 0 Å². The van der Waals surface area contributed by atoms with Crippen LogP contribution in [0, 0.1) is 10.1 Å². The van der Waals surface area contributed by atoms with Crippen molar-refractivity contribution < 1.29 is 19.2 Å². The first-order valence-electron chi connectivity index (χ1n) is 13.5. The number of allylic oxidation sites excluding steroid dienone is 1. The number of ether oxygens (including phenoxy) is 1. The number of anilines is 1. The molecule has 3 amide bonds. The molecule has 4 rings (SSSR count). The van der Waals surface area contributed by atoms with Gasteiger partial charge in [0, 0.05) is 37.3 Å². The molecule has 0 unspecified atom stereocenters. The van der Waals surface area contributed by atoms with Crippen LogP contribution in [0.15, 0.2) is 84.9 Å². The fourth-order valence-electron chi connectivity index (χ4n) is 4.51. The maximum atomic E-state index is 13.5. The van der Waals surface area contributed by atoms with Gasteiger partial charge in [0.05, 0.1) is 18.1 Å². The summed E-state index contributed by atoms with van der Waals surface area (Å²) >= 11 is 0.